The largest absolute Gasteiger partial charge is 0.494 e. The number of hydrogen-bond donors (Lipinski definition) is 0. The quantitative estimate of drug-likeness (QED) is 0.476. The van der Waals surface area contributed by atoms with Crippen LogP contribution in [0.1, 0.15) is 11.3 Å². The van der Waals surface area contributed by atoms with Crippen LogP contribution in [0.4, 0.5) is 0 Å². The van der Waals surface area contributed by atoms with Crippen LogP contribution in [0.5, 0.6) is 5.75 Å². The van der Waals surface area contributed by atoms with Crippen molar-refractivity contribution in [2.75, 3.05) is 7.11 Å². The minimum absolute atomic E-state index is 0. The number of aromatic nitrogens is 2. The Kier molecular flexibility index (Phi) is 6.48. The van der Waals surface area contributed by atoms with Crippen molar-refractivity contribution in [2.45, 2.75) is 38.6 Å². The molecule has 29 heavy (non-hydrogen) atoms. The van der Waals surface area contributed by atoms with Crippen molar-refractivity contribution in [2.24, 2.45) is 0 Å². The maximum Gasteiger partial charge on any atom is 0.184 e. The molecule has 1 heterocycles. The lowest BCUT2D eigenvalue weighted by Crippen LogP contribution is -2.32. The Morgan fingerprint density at radius 3 is 2.38 bits per heavy atom. The molecule has 2 aromatic carbocycles. The molecule has 0 unspecified atom stereocenters. The molecule has 3 aromatic rings. The van der Waals surface area contributed by atoms with E-state index >= 15 is 0 Å². The van der Waals surface area contributed by atoms with Crippen LogP contribution in [-0.2, 0) is 17.3 Å². The highest BCUT2D eigenvalue weighted by Gasteiger charge is 2.33. The summed E-state index contributed by atoms with van der Waals surface area (Å²) in [5.41, 5.74) is 5.50. The van der Waals surface area contributed by atoms with Gasteiger partial charge in [-0.1, -0.05) is 35.9 Å². The normalized spacial score (nSPS) is 15.7. The SMILES string of the molecule is COc1ccccc1-n1nc2c(c1-c1ccc(Cl)cc1)C[C@H](O[Si](C)(C)C)C2.S. The fourth-order valence-electron chi connectivity index (χ4n) is 3.86. The fourth-order valence-corrected chi connectivity index (χ4v) is 5.15. The third-order valence-corrected chi connectivity index (χ3v) is 6.16. The molecule has 1 aliphatic carbocycles. The Labute approximate surface area is 185 Å². The Balaban J connectivity index is 0.00000240. The maximum atomic E-state index is 6.38. The lowest BCUT2D eigenvalue weighted by atomic mass is 10.1. The Morgan fingerprint density at radius 2 is 1.72 bits per heavy atom. The van der Waals surface area contributed by atoms with Gasteiger partial charge in [0.25, 0.3) is 0 Å². The van der Waals surface area contributed by atoms with E-state index in [9.17, 15) is 0 Å². The van der Waals surface area contributed by atoms with Gasteiger partial charge < -0.3 is 9.16 Å². The summed E-state index contributed by atoms with van der Waals surface area (Å²) in [6.07, 6.45) is 1.94. The van der Waals surface area contributed by atoms with Crippen LogP contribution < -0.4 is 4.74 Å². The molecular formula is C22H27ClN2O2SSi. The Bertz CT molecular complexity index is 999. The van der Waals surface area contributed by atoms with E-state index in [1.54, 1.807) is 7.11 Å². The van der Waals surface area contributed by atoms with Gasteiger partial charge >= 0.3 is 0 Å². The average Bonchev–Trinajstić information content (AvgIpc) is 3.18. The summed E-state index contributed by atoms with van der Waals surface area (Å²) in [6, 6.07) is 15.9. The first-order chi connectivity index (χ1) is 13.4. The molecule has 0 bridgehead atoms. The molecule has 0 fully saturated rings. The van der Waals surface area contributed by atoms with E-state index in [0.717, 1.165) is 46.3 Å². The van der Waals surface area contributed by atoms with Gasteiger partial charge in [-0.3, -0.25) is 0 Å². The monoisotopic (exact) mass is 446 g/mol. The van der Waals surface area contributed by atoms with Crippen molar-refractivity contribution < 1.29 is 9.16 Å². The van der Waals surface area contributed by atoms with E-state index in [2.05, 4.69) is 31.8 Å². The summed E-state index contributed by atoms with van der Waals surface area (Å²) in [4.78, 5) is 0. The second-order valence-electron chi connectivity index (χ2n) is 8.12. The summed E-state index contributed by atoms with van der Waals surface area (Å²) in [7, 11) is 0.0871. The van der Waals surface area contributed by atoms with Crippen molar-refractivity contribution in [1.29, 1.82) is 0 Å². The van der Waals surface area contributed by atoms with Gasteiger partial charge in [0, 0.05) is 29.0 Å². The van der Waals surface area contributed by atoms with Gasteiger partial charge in [0.15, 0.2) is 8.32 Å². The minimum Gasteiger partial charge on any atom is -0.494 e. The molecule has 0 N–H and O–H groups in total. The first-order valence-corrected chi connectivity index (χ1v) is 13.3. The molecule has 0 spiro atoms. The molecule has 0 saturated carbocycles. The van der Waals surface area contributed by atoms with Crippen molar-refractivity contribution in [3.8, 4) is 22.7 Å². The highest BCUT2D eigenvalue weighted by molar-refractivity contribution is 7.59. The first kappa shape index (κ1) is 22.0. The number of benzene rings is 2. The van der Waals surface area contributed by atoms with E-state index in [-0.39, 0.29) is 19.6 Å². The second-order valence-corrected chi connectivity index (χ2v) is 13.0. The molecule has 0 saturated heterocycles. The van der Waals surface area contributed by atoms with Gasteiger partial charge in [0.2, 0.25) is 0 Å². The fraction of sp³-hybridized carbons (Fsp3) is 0.318. The topological polar surface area (TPSA) is 36.3 Å². The smallest absolute Gasteiger partial charge is 0.184 e. The minimum atomic E-state index is -1.60. The molecule has 0 aliphatic heterocycles. The van der Waals surface area contributed by atoms with Crippen LogP contribution in [0.3, 0.4) is 0 Å². The molecular weight excluding hydrogens is 420 g/mol. The van der Waals surface area contributed by atoms with Gasteiger partial charge in [0.05, 0.1) is 24.6 Å². The molecule has 1 aromatic heterocycles. The number of para-hydroxylation sites is 2. The van der Waals surface area contributed by atoms with Gasteiger partial charge in [-0.2, -0.15) is 18.6 Å². The number of ether oxygens (including phenoxy) is 1. The van der Waals surface area contributed by atoms with E-state index < -0.39 is 8.32 Å². The van der Waals surface area contributed by atoms with Crippen LogP contribution in [0, 0.1) is 0 Å². The molecule has 7 heteroatoms. The molecule has 4 rings (SSSR count). The predicted molar refractivity (Wildman–Crippen MR) is 127 cm³/mol. The lowest BCUT2D eigenvalue weighted by molar-refractivity contribution is 0.205. The molecule has 4 nitrogen and oxygen atoms in total. The number of halogens is 1. The number of hydrogen-bond acceptors (Lipinski definition) is 3. The van der Waals surface area contributed by atoms with Crippen molar-refractivity contribution in [1.82, 2.24) is 9.78 Å². The van der Waals surface area contributed by atoms with Gasteiger partial charge in [-0.25, -0.2) is 4.68 Å². The van der Waals surface area contributed by atoms with Crippen molar-refractivity contribution >= 4 is 33.4 Å². The van der Waals surface area contributed by atoms with Gasteiger partial charge in [-0.05, 0) is 43.9 Å². The van der Waals surface area contributed by atoms with Gasteiger partial charge in [-0.15, -0.1) is 0 Å². The highest BCUT2D eigenvalue weighted by Crippen LogP contribution is 2.38. The van der Waals surface area contributed by atoms with Crippen molar-refractivity contribution in [3.05, 3.63) is 64.8 Å². The molecule has 1 atom stereocenters. The van der Waals surface area contributed by atoms with E-state index in [1.165, 1.54) is 5.56 Å². The van der Waals surface area contributed by atoms with Crippen LogP contribution >= 0.6 is 25.1 Å². The highest BCUT2D eigenvalue weighted by atomic mass is 35.5. The third kappa shape index (κ3) is 4.56. The number of rotatable bonds is 5. The summed E-state index contributed by atoms with van der Waals surface area (Å²) < 4.78 is 14.0. The third-order valence-electron chi connectivity index (χ3n) is 4.87. The van der Waals surface area contributed by atoms with Crippen LogP contribution in [0.2, 0.25) is 24.7 Å². The van der Waals surface area contributed by atoms with E-state index in [1.807, 2.05) is 41.1 Å². The summed E-state index contributed by atoms with van der Waals surface area (Å²) in [6.45, 7) is 6.70. The molecule has 154 valence electrons. The Morgan fingerprint density at radius 1 is 1.03 bits per heavy atom. The zero-order valence-corrected chi connectivity index (χ0v) is 20.0. The van der Waals surface area contributed by atoms with E-state index in [4.69, 9.17) is 25.9 Å². The van der Waals surface area contributed by atoms with Crippen LogP contribution in [-0.4, -0.2) is 31.3 Å². The van der Waals surface area contributed by atoms with Crippen molar-refractivity contribution in [3.63, 3.8) is 0 Å². The zero-order chi connectivity index (χ0) is 19.9. The summed E-state index contributed by atoms with van der Waals surface area (Å²) >= 11 is 6.13. The number of fused-ring (bicyclic) bond motifs is 1. The lowest BCUT2D eigenvalue weighted by Gasteiger charge is -2.23. The summed E-state index contributed by atoms with van der Waals surface area (Å²) in [5, 5.41) is 5.71. The number of methoxy groups -OCH3 is 1. The standard InChI is InChI=1S/C22H25ClN2O2Si.H2S/c1-26-21-8-6-5-7-20(21)25-22(15-9-11-16(23)12-10-15)18-13-17(14-19(18)24-25)27-28(2,3)4;/h5-12,17H,13-14H2,1-4H3;1H2/t17-;/m0./s1. The first-order valence-electron chi connectivity index (χ1n) is 9.53. The van der Waals surface area contributed by atoms with Gasteiger partial charge in [0.1, 0.15) is 11.4 Å². The molecule has 0 radical (unpaired) electrons. The van der Waals surface area contributed by atoms with E-state index in [0.29, 0.717) is 0 Å². The molecule has 0 amide bonds. The predicted octanol–water partition coefficient (Wildman–Crippen LogP) is 5.63. The number of nitrogens with zero attached hydrogens (tertiary/aromatic N) is 2. The summed E-state index contributed by atoms with van der Waals surface area (Å²) in [5.74, 6) is 0.800. The molecule has 1 aliphatic rings. The average molecular weight is 447 g/mol. The second kappa shape index (κ2) is 8.56. The Hall–Kier alpha value is -1.73. The van der Waals surface area contributed by atoms with Crippen LogP contribution in [0.15, 0.2) is 48.5 Å². The zero-order valence-electron chi connectivity index (χ0n) is 17.2. The maximum absolute atomic E-state index is 6.38. The van der Waals surface area contributed by atoms with Crippen LogP contribution in [0.25, 0.3) is 16.9 Å².